The zero-order chi connectivity index (χ0) is 11.5. The molecule has 1 aromatic rings. The summed E-state index contributed by atoms with van der Waals surface area (Å²) in [4.78, 5) is 2.61. The van der Waals surface area contributed by atoms with Crippen molar-refractivity contribution >= 4 is 5.69 Å². The molecule has 1 aromatic carbocycles. The van der Waals surface area contributed by atoms with E-state index in [0.717, 1.165) is 0 Å². The normalized spacial score (nSPS) is 23.6. The number of anilines is 1. The molecule has 1 saturated heterocycles. The first-order chi connectivity index (χ1) is 8.42. The molecule has 17 heavy (non-hydrogen) atoms. The van der Waals surface area contributed by atoms with E-state index < -0.39 is 0 Å². The first-order valence-electron chi connectivity index (χ1n) is 6.98. The molecule has 2 heteroatoms. The molecule has 3 rings (SSSR count). The molecule has 0 spiro atoms. The van der Waals surface area contributed by atoms with Gasteiger partial charge in [0.2, 0.25) is 0 Å². The standard InChI is InChI=1S/C15H22N2/c1-2-8-15-13(6-1)12-14(16-15)7-5-11-17-9-3-4-10-17/h1-2,6,8,14,16H,3-5,7,9-12H2. The highest BCUT2D eigenvalue weighted by molar-refractivity contribution is 5.56. The van der Waals surface area contributed by atoms with Crippen LogP contribution in [0.5, 0.6) is 0 Å². The number of para-hydroxylation sites is 1. The fourth-order valence-electron chi connectivity index (χ4n) is 3.12. The highest BCUT2D eigenvalue weighted by Gasteiger charge is 2.19. The lowest BCUT2D eigenvalue weighted by molar-refractivity contribution is 0.327. The lowest BCUT2D eigenvalue weighted by Gasteiger charge is -2.16. The van der Waals surface area contributed by atoms with Crippen molar-refractivity contribution in [2.24, 2.45) is 0 Å². The summed E-state index contributed by atoms with van der Waals surface area (Å²) in [6.45, 7) is 3.96. The Kier molecular flexibility index (Phi) is 3.32. The van der Waals surface area contributed by atoms with Crippen LogP contribution in [-0.2, 0) is 6.42 Å². The summed E-state index contributed by atoms with van der Waals surface area (Å²) in [5.74, 6) is 0. The number of benzene rings is 1. The summed E-state index contributed by atoms with van der Waals surface area (Å²) in [5.41, 5.74) is 2.86. The Labute approximate surface area is 104 Å². The van der Waals surface area contributed by atoms with Crippen LogP contribution < -0.4 is 5.32 Å². The lowest BCUT2D eigenvalue weighted by Crippen LogP contribution is -2.23. The van der Waals surface area contributed by atoms with Crippen LogP contribution in [0, 0.1) is 0 Å². The van der Waals surface area contributed by atoms with E-state index in [4.69, 9.17) is 0 Å². The molecule has 1 N–H and O–H groups in total. The van der Waals surface area contributed by atoms with Gasteiger partial charge in [0.1, 0.15) is 0 Å². The Balaban J connectivity index is 1.43. The number of hydrogen-bond donors (Lipinski definition) is 1. The van der Waals surface area contributed by atoms with Gasteiger partial charge in [-0.25, -0.2) is 0 Å². The fraction of sp³-hybridized carbons (Fsp3) is 0.600. The second kappa shape index (κ2) is 5.09. The highest BCUT2D eigenvalue weighted by atomic mass is 15.1. The zero-order valence-corrected chi connectivity index (χ0v) is 10.5. The maximum atomic E-state index is 3.64. The van der Waals surface area contributed by atoms with E-state index in [1.807, 2.05) is 0 Å². The van der Waals surface area contributed by atoms with Crippen LogP contribution >= 0.6 is 0 Å². The monoisotopic (exact) mass is 230 g/mol. The predicted molar refractivity (Wildman–Crippen MR) is 72.5 cm³/mol. The zero-order valence-electron chi connectivity index (χ0n) is 10.5. The van der Waals surface area contributed by atoms with Crippen LogP contribution in [-0.4, -0.2) is 30.6 Å². The fourth-order valence-corrected chi connectivity index (χ4v) is 3.12. The molecule has 0 aromatic heterocycles. The van der Waals surface area contributed by atoms with Crippen molar-refractivity contribution in [1.82, 2.24) is 4.90 Å². The maximum Gasteiger partial charge on any atom is 0.0375 e. The Bertz CT molecular complexity index is 344. The van der Waals surface area contributed by atoms with Gasteiger partial charge in [-0.2, -0.15) is 0 Å². The van der Waals surface area contributed by atoms with Crippen LogP contribution in [0.25, 0.3) is 0 Å². The maximum absolute atomic E-state index is 3.64. The molecule has 0 aliphatic carbocycles. The largest absolute Gasteiger partial charge is 0.382 e. The Morgan fingerprint density at radius 1 is 1.18 bits per heavy atom. The molecule has 0 amide bonds. The summed E-state index contributed by atoms with van der Waals surface area (Å²) in [7, 11) is 0. The summed E-state index contributed by atoms with van der Waals surface area (Å²) in [5, 5.41) is 3.64. The van der Waals surface area contributed by atoms with Crippen molar-refractivity contribution in [3.63, 3.8) is 0 Å². The minimum Gasteiger partial charge on any atom is -0.382 e. The van der Waals surface area contributed by atoms with Crippen LogP contribution in [0.3, 0.4) is 0 Å². The van der Waals surface area contributed by atoms with Crippen LogP contribution in [0.15, 0.2) is 24.3 Å². The molecule has 0 saturated carbocycles. The Morgan fingerprint density at radius 3 is 2.82 bits per heavy atom. The van der Waals surface area contributed by atoms with Gasteiger partial charge in [-0.1, -0.05) is 18.2 Å². The van der Waals surface area contributed by atoms with Crippen molar-refractivity contribution in [3.05, 3.63) is 29.8 Å². The molecule has 2 aliphatic heterocycles. The van der Waals surface area contributed by atoms with E-state index in [-0.39, 0.29) is 0 Å². The summed E-state index contributed by atoms with van der Waals surface area (Å²) < 4.78 is 0. The van der Waals surface area contributed by atoms with Gasteiger partial charge in [0.15, 0.2) is 0 Å². The number of rotatable bonds is 4. The Morgan fingerprint density at radius 2 is 2.00 bits per heavy atom. The van der Waals surface area contributed by atoms with Crippen molar-refractivity contribution in [1.29, 1.82) is 0 Å². The number of likely N-dealkylation sites (tertiary alicyclic amines) is 1. The first-order valence-corrected chi connectivity index (χ1v) is 6.98. The molecule has 1 atom stereocenters. The third kappa shape index (κ3) is 2.63. The van der Waals surface area contributed by atoms with Gasteiger partial charge < -0.3 is 10.2 Å². The first kappa shape index (κ1) is 11.1. The average molecular weight is 230 g/mol. The molecule has 1 fully saturated rings. The van der Waals surface area contributed by atoms with Gasteiger partial charge in [0.25, 0.3) is 0 Å². The third-order valence-corrected chi connectivity index (χ3v) is 4.07. The molecule has 92 valence electrons. The number of nitrogens with one attached hydrogen (secondary N) is 1. The molecular weight excluding hydrogens is 208 g/mol. The van der Waals surface area contributed by atoms with E-state index in [1.165, 1.54) is 63.0 Å². The van der Waals surface area contributed by atoms with E-state index in [2.05, 4.69) is 34.5 Å². The van der Waals surface area contributed by atoms with Crippen molar-refractivity contribution in [2.45, 2.75) is 38.1 Å². The smallest absolute Gasteiger partial charge is 0.0375 e. The van der Waals surface area contributed by atoms with Crippen molar-refractivity contribution in [3.8, 4) is 0 Å². The van der Waals surface area contributed by atoms with Crippen LogP contribution in [0.4, 0.5) is 5.69 Å². The average Bonchev–Trinajstić information content (AvgIpc) is 2.96. The molecule has 0 bridgehead atoms. The minimum atomic E-state index is 0.676. The second-order valence-corrected chi connectivity index (χ2v) is 5.39. The molecule has 2 nitrogen and oxygen atoms in total. The number of nitrogens with zero attached hydrogens (tertiary/aromatic N) is 1. The molecule has 2 heterocycles. The third-order valence-electron chi connectivity index (χ3n) is 4.07. The van der Waals surface area contributed by atoms with E-state index >= 15 is 0 Å². The van der Waals surface area contributed by atoms with Gasteiger partial charge in [-0.15, -0.1) is 0 Å². The molecular formula is C15H22N2. The number of hydrogen-bond acceptors (Lipinski definition) is 2. The van der Waals surface area contributed by atoms with Crippen LogP contribution in [0.1, 0.15) is 31.2 Å². The molecule has 1 unspecified atom stereocenters. The predicted octanol–water partition coefficient (Wildman–Crippen LogP) is 2.90. The topological polar surface area (TPSA) is 15.3 Å². The summed E-state index contributed by atoms with van der Waals surface area (Å²) in [6.07, 6.45) is 6.69. The SMILES string of the molecule is c1ccc2c(c1)CC(CCCN1CCCC1)N2. The van der Waals surface area contributed by atoms with Gasteiger partial charge in [0.05, 0.1) is 0 Å². The molecule has 2 aliphatic rings. The van der Waals surface area contributed by atoms with Crippen molar-refractivity contribution in [2.75, 3.05) is 25.0 Å². The van der Waals surface area contributed by atoms with Gasteiger partial charge in [-0.05, 0) is 63.4 Å². The van der Waals surface area contributed by atoms with E-state index in [1.54, 1.807) is 0 Å². The number of fused-ring (bicyclic) bond motifs is 1. The van der Waals surface area contributed by atoms with Gasteiger partial charge in [0, 0.05) is 11.7 Å². The van der Waals surface area contributed by atoms with E-state index in [9.17, 15) is 0 Å². The van der Waals surface area contributed by atoms with Crippen molar-refractivity contribution < 1.29 is 0 Å². The quantitative estimate of drug-likeness (QED) is 0.855. The second-order valence-electron chi connectivity index (χ2n) is 5.39. The van der Waals surface area contributed by atoms with E-state index in [0.29, 0.717) is 6.04 Å². The summed E-state index contributed by atoms with van der Waals surface area (Å²) in [6, 6.07) is 9.40. The highest BCUT2D eigenvalue weighted by Crippen LogP contribution is 2.27. The Hall–Kier alpha value is -1.02. The minimum absolute atomic E-state index is 0.676. The lowest BCUT2D eigenvalue weighted by atomic mass is 10.1. The van der Waals surface area contributed by atoms with Gasteiger partial charge >= 0.3 is 0 Å². The summed E-state index contributed by atoms with van der Waals surface area (Å²) >= 11 is 0. The van der Waals surface area contributed by atoms with Gasteiger partial charge in [-0.3, -0.25) is 0 Å². The molecule has 0 radical (unpaired) electrons. The van der Waals surface area contributed by atoms with Crippen LogP contribution in [0.2, 0.25) is 0 Å².